The molecule has 0 unspecified atom stereocenters. The average molecular weight is 743 g/mol. The highest BCUT2D eigenvalue weighted by Crippen LogP contribution is 2.36. The van der Waals surface area contributed by atoms with Gasteiger partial charge in [-0.15, -0.1) is 11.8 Å². The van der Waals surface area contributed by atoms with Crippen LogP contribution in [0.5, 0.6) is 0 Å². The number of aliphatic hydroxyl groups excluding tert-OH is 1. The van der Waals surface area contributed by atoms with E-state index >= 15 is 0 Å². The van der Waals surface area contributed by atoms with E-state index in [0.717, 1.165) is 0 Å². The molecule has 0 saturated carbocycles. The van der Waals surface area contributed by atoms with E-state index in [1.165, 1.54) is 11.8 Å². The Balaban J connectivity index is 1.26. The van der Waals surface area contributed by atoms with Crippen LogP contribution in [0.15, 0.2) is 121 Å². The highest BCUT2D eigenvalue weighted by Gasteiger charge is 2.53. The molecule has 2 heterocycles. The van der Waals surface area contributed by atoms with Crippen LogP contribution in [-0.4, -0.2) is 96.3 Å². The van der Waals surface area contributed by atoms with Crippen molar-refractivity contribution in [1.29, 1.82) is 0 Å². The van der Waals surface area contributed by atoms with Crippen molar-refractivity contribution in [2.24, 2.45) is 0 Å². The van der Waals surface area contributed by atoms with Crippen LogP contribution in [0.3, 0.4) is 0 Å². The average Bonchev–Trinajstić information content (AvgIpc) is 3.70. The van der Waals surface area contributed by atoms with Gasteiger partial charge in [0.05, 0.1) is 35.5 Å². The Labute approximate surface area is 310 Å². The molecule has 0 aromatic heterocycles. The molecule has 53 heavy (non-hydrogen) atoms. The highest BCUT2D eigenvalue weighted by molar-refractivity contribution is 7.99. The van der Waals surface area contributed by atoms with Crippen LogP contribution in [-0.2, 0) is 33.2 Å². The number of benzene rings is 4. The van der Waals surface area contributed by atoms with Crippen LogP contribution in [0.4, 0.5) is 0 Å². The quantitative estimate of drug-likeness (QED) is 0.135. The van der Waals surface area contributed by atoms with Gasteiger partial charge in [-0.2, -0.15) is 0 Å². The number of hydrogen-bond acceptors (Lipinski definition) is 13. The van der Waals surface area contributed by atoms with Crippen LogP contribution >= 0.6 is 11.8 Å². The maximum atomic E-state index is 13.4. The molecule has 0 bridgehead atoms. The van der Waals surface area contributed by atoms with Crippen LogP contribution in [0.1, 0.15) is 48.4 Å². The molecule has 13 heteroatoms. The summed E-state index contributed by atoms with van der Waals surface area (Å²) in [6.07, 6.45) is -8.32. The van der Waals surface area contributed by atoms with Gasteiger partial charge < -0.3 is 38.3 Å². The van der Waals surface area contributed by atoms with E-state index in [-0.39, 0.29) is 23.3 Å². The van der Waals surface area contributed by atoms with Gasteiger partial charge in [-0.25, -0.2) is 19.2 Å². The fraction of sp³-hybridized carbons (Fsp3) is 0.300. The first kappa shape index (κ1) is 37.7. The third kappa shape index (κ3) is 9.31. The van der Waals surface area contributed by atoms with E-state index in [1.807, 2.05) is 6.92 Å². The van der Waals surface area contributed by atoms with Gasteiger partial charge >= 0.3 is 23.9 Å². The Hall–Kier alpha value is -5.05. The molecular weight excluding hydrogens is 704 g/mol. The van der Waals surface area contributed by atoms with Gasteiger partial charge in [0.1, 0.15) is 17.6 Å². The van der Waals surface area contributed by atoms with E-state index in [4.69, 9.17) is 33.2 Å². The summed E-state index contributed by atoms with van der Waals surface area (Å²) in [6, 6.07) is 33.1. The molecule has 2 aliphatic heterocycles. The molecular formula is C40H38O12S. The zero-order valence-electron chi connectivity index (χ0n) is 28.6. The lowest BCUT2D eigenvalue weighted by atomic mass is 10.1. The third-order valence-corrected chi connectivity index (χ3v) is 9.52. The lowest BCUT2D eigenvalue weighted by Crippen LogP contribution is -2.44. The zero-order valence-corrected chi connectivity index (χ0v) is 29.4. The Morgan fingerprint density at radius 1 is 0.547 bits per heavy atom. The van der Waals surface area contributed by atoms with Crippen molar-refractivity contribution in [3.8, 4) is 0 Å². The fourth-order valence-corrected chi connectivity index (χ4v) is 6.83. The SMILES string of the molecule is CCS[C@H]1O[C@H](CO[C@H]2O[C@H](CO)[C@@H](OC(=O)c3ccccc3)[C@@H]2OC(=O)c2ccccc2)[C@@H](OC(=O)c2ccccc2)[C@@H]1OC(=O)c1ccccc1. The number of rotatable bonds is 14. The van der Waals surface area contributed by atoms with Crippen molar-refractivity contribution in [3.05, 3.63) is 144 Å². The normalized spacial score (nSPS) is 24.9. The molecule has 2 fully saturated rings. The minimum absolute atomic E-state index is 0.223. The predicted molar refractivity (Wildman–Crippen MR) is 191 cm³/mol. The molecule has 0 amide bonds. The van der Waals surface area contributed by atoms with E-state index in [9.17, 15) is 24.3 Å². The Kier molecular flexibility index (Phi) is 12.9. The number of carbonyl (C=O) groups excluding carboxylic acids is 4. The monoisotopic (exact) mass is 742 g/mol. The van der Waals surface area contributed by atoms with Gasteiger partial charge in [0.25, 0.3) is 0 Å². The van der Waals surface area contributed by atoms with Gasteiger partial charge in [0.2, 0.25) is 0 Å². The molecule has 6 rings (SSSR count). The lowest BCUT2D eigenvalue weighted by molar-refractivity contribution is -0.188. The lowest BCUT2D eigenvalue weighted by Gasteiger charge is -2.26. The number of thioether (sulfide) groups is 1. The number of esters is 4. The molecule has 2 aliphatic rings. The summed E-state index contributed by atoms with van der Waals surface area (Å²) in [6.45, 7) is 0.993. The number of carbonyl (C=O) groups is 4. The first-order valence-corrected chi connectivity index (χ1v) is 18.1. The largest absolute Gasteiger partial charge is 0.452 e. The smallest absolute Gasteiger partial charge is 0.338 e. The van der Waals surface area contributed by atoms with Crippen molar-refractivity contribution in [1.82, 2.24) is 0 Å². The fourth-order valence-electron chi connectivity index (χ4n) is 5.89. The summed E-state index contributed by atoms with van der Waals surface area (Å²) in [5, 5.41) is 10.3. The Morgan fingerprint density at radius 2 is 0.925 bits per heavy atom. The van der Waals surface area contributed by atoms with Crippen LogP contribution < -0.4 is 0 Å². The van der Waals surface area contributed by atoms with Crippen molar-refractivity contribution in [3.63, 3.8) is 0 Å². The maximum Gasteiger partial charge on any atom is 0.338 e. The summed E-state index contributed by atoms with van der Waals surface area (Å²) in [5.74, 6) is -2.21. The summed E-state index contributed by atoms with van der Waals surface area (Å²) >= 11 is 1.35. The van der Waals surface area contributed by atoms with Crippen LogP contribution in [0, 0.1) is 0 Å². The molecule has 0 spiro atoms. The molecule has 0 aliphatic carbocycles. The molecule has 2 saturated heterocycles. The number of ether oxygens (including phenoxy) is 7. The summed E-state index contributed by atoms with van der Waals surface area (Å²) in [5.41, 5.74) is 0.277. The first-order chi connectivity index (χ1) is 25.9. The van der Waals surface area contributed by atoms with Crippen molar-refractivity contribution < 1.29 is 57.4 Å². The van der Waals surface area contributed by atoms with Crippen LogP contribution in [0.25, 0.3) is 0 Å². The van der Waals surface area contributed by atoms with Crippen LogP contribution in [0.2, 0.25) is 0 Å². The second-order valence-corrected chi connectivity index (χ2v) is 13.4. The van der Waals surface area contributed by atoms with E-state index in [0.29, 0.717) is 11.3 Å². The minimum Gasteiger partial charge on any atom is -0.452 e. The van der Waals surface area contributed by atoms with Crippen molar-refractivity contribution >= 4 is 35.6 Å². The number of aliphatic hydroxyl groups is 1. The maximum absolute atomic E-state index is 13.4. The highest BCUT2D eigenvalue weighted by atomic mass is 32.2. The molecule has 1 N–H and O–H groups in total. The van der Waals surface area contributed by atoms with Gasteiger partial charge in [-0.05, 0) is 54.3 Å². The van der Waals surface area contributed by atoms with E-state index < -0.39 is 78.8 Å². The van der Waals surface area contributed by atoms with E-state index in [2.05, 4.69) is 0 Å². The van der Waals surface area contributed by atoms with Crippen molar-refractivity contribution in [2.45, 2.75) is 55.3 Å². The van der Waals surface area contributed by atoms with Gasteiger partial charge in [0.15, 0.2) is 30.7 Å². The molecule has 0 radical (unpaired) electrons. The summed E-state index contributed by atoms with van der Waals surface area (Å²) in [4.78, 5) is 53.2. The topological polar surface area (TPSA) is 153 Å². The zero-order chi connectivity index (χ0) is 37.2. The summed E-state index contributed by atoms with van der Waals surface area (Å²) in [7, 11) is 0. The van der Waals surface area contributed by atoms with Gasteiger partial charge in [-0.1, -0.05) is 79.7 Å². The standard InChI is InChI=1S/C40H38O12S/c1-2-53-40-34(52-38(45)28-21-13-6-14-22-28)32(50-36(43)26-17-9-4-10-18-26)30(48-40)24-46-39-33(51-37(44)27-19-11-5-12-20-27)31(29(23-41)47-39)49-35(42)25-15-7-3-8-16-25/h3-22,29-34,39-41H,2,23-24H2,1H3/t29-,30-,31-,32-,33+,34+,39+,40-/m1/s1. The van der Waals surface area contributed by atoms with Crippen molar-refractivity contribution in [2.75, 3.05) is 19.0 Å². The van der Waals surface area contributed by atoms with Gasteiger partial charge in [0, 0.05) is 0 Å². The third-order valence-electron chi connectivity index (χ3n) is 8.48. The first-order valence-electron chi connectivity index (χ1n) is 17.0. The molecule has 12 nitrogen and oxygen atoms in total. The Morgan fingerprint density at radius 3 is 1.32 bits per heavy atom. The van der Waals surface area contributed by atoms with E-state index in [1.54, 1.807) is 121 Å². The molecule has 4 aromatic rings. The second kappa shape index (κ2) is 18.1. The Bertz CT molecular complexity index is 1810. The van der Waals surface area contributed by atoms with Gasteiger partial charge in [-0.3, -0.25) is 0 Å². The molecule has 276 valence electrons. The second-order valence-electron chi connectivity index (χ2n) is 12.0. The summed E-state index contributed by atoms with van der Waals surface area (Å²) < 4.78 is 42.1. The predicted octanol–water partition coefficient (Wildman–Crippen LogP) is 5.10. The molecule has 4 aromatic carbocycles. The number of hydrogen-bond donors (Lipinski definition) is 1. The minimum atomic E-state index is -1.37. The molecule has 8 atom stereocenters.